The molecule has 0 spiro atoms. The van der Waals surface area contributed by atoms with Gasteiger partial charge in [0, 0.05) is 17.5 Å². The molecule has 2 N–H and O–H groups in total. The summed E-state index contributed by atoms with van der Waals surface area (Å²) in [6.45, 7) is 1.85. The van der Waals surface area contributed by atoms with Crippen LogP contribution in [0.25, 0.3) is 0 Å². The van der Waals surface area contributed by atoms with Crippen LogP contribution in [0.15, 0.2) is 5.38 Å². The quantitative estimate of drug-likeness (QED) is 0.770. The summed E-state index contributed by atoms with van der Waals surface area (Å²) in [5.41, 5.74) is 0.860. The van der Waals surface area contributed by atoms with E-state index < -0.39 is 12.0 Å². The van der Waals surface area contributed by atoms with Crippen molar-refractivity contribution in [1.82, 2.24) is 10.3 Å². The first-order valence-electron chi connectivity index (χ1n) is 4.52. The third kappa shape index (κ3) is 1.85. The summed E-state index contributed by atoms with van der Waals surface area (Å²) in [6, 6.07) is -0.831. The van der Waals surface area contributed by atoms with Crippen LogP contribution in [-0.2, 0) is 9.59 Å². The van der Waals surface area contributed by atoms with E-state index in [2.05, 4.69) is 10.3 Å². The lowest BCUT2D eigenvalue weighted by molar-refractivity contribution is -0.140. The molecule has 15 heavy (non-hydrogen) atoms. The second-order valence-electron chi connectivity index (χ2n) is 3.52. The summed E-state index contributed by atoms with van der Waals surface area (Å²) >= 11 is 1.40. The Labute approximate surface area is 90.1 Å². The SMILES string of the molecule is Cc1csc(C2CC(=O)NC2C(=O)O)n1. The molecule has 2 atom stereocenters. The largest absolute Gasteiger partial charge is 0.480 e. The maximum Gasteiger partial charge on any atom is 0.326 e. The number of nitrogens with zero attached hydrogens (tertiary/aromatic N) is 1. The summed E-state index contributed by atoms with van der Waals surface area (Å²) in [5, 5.41) is 13.9. The van der Waals surface area contributed by atoms with Crippen LogP contribution >= 0.6 is 11.3 Å². The topological polar surface area (TPSA) is 79.3 Å². The lowest BCUT2D eigenvalue weighted by atomic mass is 10.0. The van der Waals surface area contributed by atoms with Crippen molar-refractivity contribution in [3.8, 4) is 0 Å². The van der Waals surface area contributed by atoms with Gasteiger partial charge in [0.25, 0.3) is 0 Å². The smallest absolute Gasteiger partial charge is 0.326 e. The second kappa shape index (κ2) is 3.62. The van der Waals surface area contributed by atoms with E-state index in [4.69, 9.17) is 5.11 Å². The lowest BCUT2D eigenvalue weighted by Crippen LogP contribution is -2.35. The highest BCUT2D eigenvalue weighted by molar-refractivity contribution is 7.09. The molecular formula is C9H10N2O3S. The highest BCUT2D eigenvalue weighted by atomic mass is 32.1. The number of aliphatic carboxylic acids is 1. The van der Waals surface area contributed by atoms with Gasteiger partial charge in [-0.25, -0.2) is 9.78 Å². The number of carboxylic acid groups (broad SMARTS) is 1. The molecule has 80 valence electrons. The molecule has 0 radical (unpaired) electrons. The average molecular weight is 226 g/mol. The van der Waals surface area contributed by atoms with Crippen LogP contribution < -0.4 is 5.32 Å². The number of carboxylic acids is 1. The van der Waals surface area contributed by atoms with Gasteiger partial charge in [0.1, 0.15) is 6.04 Å². The van der Waals surface area contributed by atoms with Crippen molar-refractivity contribution in [1.29, 1.82) is 0 Å². The fourth-order valence-electron chi connectivity index (χ4n) is 1.66. The van der Waals surface area contributed by atoms with E-state index in [1.54, 1.807) is 0 Å². The van der Waals surface area contributed by atoms with E-state index in [1.165, 1.54) is 11.3 Å². The first kappa shape index (κ1) is 10.1. The molecule has 0 aromatic carbocycles. The van der Waals surface area contributed by atoms with Crippen molar-refractivity contribution in [3.05, 3.63) is 16.1 Å². The van der Waals surface area contributed by atoms with E-state index in [1.807, 2.05) is 12.3 Å². The van der Waals surface area contributed by atoms with Crippen molar-refractivity contribution in [2.24, 2.45) is 0 Å². The normalized spacial score (nSPS) is 25.3. The highest BCUT2D eigenvalue weighted by Crippen LogP contribution is 2.30. The summed E-state index contributed by atoms with van der Waals surface area (Å²) in [4.78, 5) is 26.3. The molecular weight excluding hydrogens is 216 g/mol. The summed E-state index contributed by atoms with van der Waals surface area (Å²) < 4.78 is 0. The molecule has 2 rings (SSSR count). The van der Waals surface area contributed by atoms with Gasteiger partial charge in [-0.1, -0.05) is 0 Å². The Morgan fingerprint density at radius 3 is 3.00 bits per heavy atom. The van der Waals surface area contributed by atoms with Gasteiger partial charge in [0.15, 0.2) is 0 Å². The third-order valence-electron chi connectivity index (χ3n) is 2.34. The van der Waals surface area contributed by atoms with Gasteiger partial charge >= 0.3 is 5.97 Å². The third-order valence-corrected chi connectivity index (χ3v) is 3.44. The Morgan fingerprint density at radius 1 is 1.73 bits per heavy atom. The minimum Gasteiger partial charge on any atom is -0.480 e. The number of carbonyl (C=O) groups excluding carboxylic acids is 1. The van der Waals surface area contributed by atoms with Crippen LogP contribution in [0.5, 0.6) is 0 Å². The average Bonchev–Trinajstić information content (AvgIpc) is 2.71. The fraction of sp³-hybridized carbons (Fsp3) is 0.444. The Kier molecular flexibility index (Phi) is 2.44. The number of hydrogen-bond donors (Lipinski definition) is 2. The van der Waals surface area contributed by atoms with E-state index in [9.17, 15) is 9.59 Å². The molecule has 1 fully saturated rings. The maximum atomic E-state index is 11.2. The zero-order valence-corrected chi connectivity index (χ0v) is 8.87. The fourth-order valence-corrected chi connectivity index (χ4v) is 2.59. The molecule has 1 aliphatic heterocycles. The molecule has 6 heteroatoms. The molecule has 0 saturated carbocycles. The molecule has 1 aromatic heterocycles. The van der Waals surface area contributed by atoms with Crippen LogP contribution in [0.2, 0.25) is 0 Å². The minimum absolute atomic E-state index is 0.212. The predicted octanol–water partition coefficient (Wildman–Crippen LogP) is 0.508. The van der Waals surface area contributed by atoms with E-state index in [-0.39, 0.29) is 18.2 Å². The Morgan fingerprint density at radius 2 is 2.47 bits per heavy atom. The Hall–Kier alpha value is -1.43. The van der Waals surface area contributed by atoms with Gasteiger partial charge < -0.3 is 10.4 Å². The molecule has 0 bridgehead atoms. The molecule has 2 unspecified atom stereocenters. The Bertz CT molecular complexity index is 415. The highest BCUT2D eigenvalue weighted by Gasteiger charge is 2.39. The van der Waals surface area contributed by atoms with Crippen molar-refractivity contribution >= 4 is 23.2 Å². The summed E-state index contributed by atoms with van der Waals surface area (Å²) in [5.74, 6) is -1.55. The van der Waals surface area contributed by atoms with Gasteiger partial charge in [0.2, 0.25) is 5.91 Å². The maximum absolute atomic E-state index is 11.2. The zero-order valence-electron chi connectivity index (χ0n) is 8.06. The van der Waals surface area contributed by atoms with Gasteiger partial charge in [-0.05, 0) is 6.92 Å². The monoisotopic (exact) mass is 226 g/mol. The van der Waals surface area contributed by atoms with Crippen molar-refractivity contribution in [3.63, 3.8) is 0 Å². The van der Waals surface area contributed by atoms with Crippen LogP contribution in [0.3, 0.4) is 0 Å². The molecule has 1 aliphatic rings. The van der Waals surface area contributed by atoms with Crippen LogP contribution in [0, 0.1) is 6.92 Å². The van der Waals surface area contributed by atoms with Crippen molar-refractivity contribution < 1.29 is 14.7 Å². The number of nitrogens with one attached hydrogen (secondary N) is 1. The molecule has 1 aromatic rings. The molecule has 2 heterocycles. The molecule has 5 nitrogen and oxygen atoms in total. The van der Waals surface area contributed by atoms with Gasteiger partial charge in [-0.3, -0.25) is 4.79 Å². The summed E-state index contributed by atoms with van der Waals surface area (Å²) in [6.07, 6.45) is 0.212. The van der Waals surface area contributed by atoms with Gasteiger partial charge in [0.05, 0.1) is 10.9 Å². The first-order chi connectivity index (χ1) is 7.08. The van der Waals surface area contributed by atoms with Gasteiger partial charge in [-0.2, -0.15) is 0 Å². The number of aromatic nitrogens is 1. The van der Waals surface area contributed by atoms with Crippen LogP contribution in [0.4, 0.5) is 0 Å². The van der Waals surface area contributed by atoms with Gasteiger partial charge in [-0.15, -0.1) is 11.3 Å². The lowest BCUT2D eigenvalue weighted by Gasteiger charge is -2.11. The zero-order chi connectivity index (χ0) is 11.0. The number of hydrogen-bond acceptors (Lipinski definition) is 4. The predicted molar refractivity (Wildman–Crippen MR) is 53.8 cm³/mol. The number of aryl methyl sites for hydroxylation is 1. The molecule has 0 aliphatic carbocycles. The van der Waals surface area contributed by atoms with E-state index >= 15 is 0 Å². The standard InChI is InChI=1S/C9H10N2O3S/c1-4-3-15-8(10-4)5-2-6(12)11-7(5)9(13)14/h3,5,7H,2H2,1H3,(H,11,12)(H,13,14). The van der Waals surface area contributed by atoms with Crippen molar-refractivity contribution in [2.45, 2.75) is 25.3 Å². The van der Waals surface area contributed by atoms with E-state index in [0.29, 0.717) is 0 Å². The molecule has 1 saturated heterocycles. The molecule has 1 amide bonds. The number of rotatable bonds is 2. The van der Waals surface area contributed by atoms with Crippen LogP contribution in [0.1, 0.15) is 23.0 Å². The number of thiazole rings is 1. The van der Waals surface area contributed by atoms with E-state index in [0.717, 1.165) is 10.7 Å². The minimum atomic E-state index is -1.00. The van der Waals surface area contributed by atoms with Crippen LogP contribution in [-0.4, -0.2) is 28.0 Å². The number of carbonyl (C=O) groups is 2. The second-order valence-corrected chi connectivity index (χ2v) is 4.41. The Balaban J connectivity index is 2.27. The first-order valence-corrected chi connectivity index (χ1v) is 5.40. The summed E-state index contributed by atoms with van der Waals surface area (Å²) in [7, 11) is 0. The number of amides is 1. The van der Waals surface area contributed by atoms with Crippen molar-refractivity contribution in [2.75, 3.05) is 0 Å².